The van der Waals surface area contributed by atoms with Gasteiger partial charge in [0.2, 0.25) is 0 Å². The molecule has 33 heavy (non-hydrogen) atoms. The Labute approximate surface area is 187 Å². The monoisotopic (exact) mass is 450 g/mol. The van der Waals surface area contributed by atoms with Gasteiger partial charge in [-0.15, -0.1) is 10.2 Å². The molecule has 0 fully saturated rings. The summed E-state index contributed by atoms with van der Waals surface area (Å²) in [7, 11) is 0. The zero-order chi connectivity index (χ0) is 23.4. The molecule has 4 aromatic rings. The van der Waals surface area contributed by atoms with Crippen LogP contribution in [0.5, 0.6) is 0 Å². The van der Waals surface area contributed by atoms with Crippen molar-refractivity contribution >= 4 is 23.1 Å². The molecular weight excluding hydrogens is 430 g/mol. The van der Waals surface area contributed by atoms with Gasteiger partial charge in [0.15, 0.2) is 5.82 Å². The minimum Gasteiger partial charge on any atom is -0.394 e. The molecule has 2 heterocycles. The summed E-state index contributed by atoms with van der Waals surface area (Å²) >= 11 is 0. The summed E-state index contributed by atoms with van der Waals surface area (Å²) < 4.78 is 29.2. The number of anilines is 3. The zero-order valence-corrected chi connectivity index (χ0v) is 17.5. The highest BCUT2D eigenvalue weighted by Gasteiger charge is 2.16. The molecule has 1 amide bonds. The van der Waals surface area contributed by atoms with Crippen LogP contribution in [0.2, 0.25) is 0 Å². The molecule has 0 aliphatic heterocycles. The van der Waals surface area contributed by atoms with E-state index in [1.165, 1.54) is 48.8 Å². The lowest BCUT2D eigenvalue weighted by atomic mass is 10.1. The molecule has 10 heteroatoms. The number of amides is 1. The van der Waals surface area contributed by atoms with E-state index >= 15 is 0 Å². The predicted octanol–water partition coefficient (Wildman–Crippen LogP) is 4.17. The average Bonchev–Trinajstić information content (AvgIpc) is 3.31. The fourth-order valence-corrected chi connectivity index (χ4v) is 3.13. The van der Waals surface area contributed by atoms with Gasteiger partial charge in [0, 0.05) is 11.4 Å². The third kappa shape index (κ3) is 5.01. The Hall–Kier alpha value is -4.18. The molecule has 0 spiro atoms. The summed E-state index contributed by atoms with van der Waals surface area (Å²) in [5.41, 5.74) is 1.29. The SMILES string of the molecule is CC(CO)n1cnnc1-c1cccc(NC(=O)c2cc(Nc3ccc(F)cc3)ccc2F)n1. The second kappa shape index (κ2) is 9.53. The summed E-state index contributed by atoms with van der Waals surface area (Å²) in [6, 6.07) is 14.3. The van der Waals surface area contributed by atoms with Crippen molar-refractivity contribution in [2.24, 2.45) is 0 Å². The van der Waals surface area contributed by atoms with E-state index < -0.39 is 11.7 Å². The van der Waals surface area contributed by atoms with Crippen molar-refractivity contribution < 1.29 is 18.7 Å². The molecule has 0 radical (unpaired) electrons. The van der Waals surface area contributed by atoms with Gasteiger partial charge in [-0.05, 0) is 61.5 Å². The van der Waals surface area contributed by atoms with E-state index in [0.29, 0.717) is 22.9 Å². The van der Waals surface area contributed by atoms with E-state index in [-0.39, 0.29) is 29.8 Å². The number of nitrogens with zero attached hydrogens (tertiary/aromatic N) is 4. The maximum absolute atomic E-state index is 14.4. The van der Waals surface area contributed by atoms with Gasteiger partial charge in [0.1, 0.15) is 29.5 Å². The Balaban J connectivity index is 1.55. The first-order valence-corrected chi connectivity index (χ1v) is 10.1. The molecule has 1 unspecified atom stereocenters. The lowest BCUT2D eigenvalue weighted by Crippen LogP contribution is -2.15. The molecule has 2 aromatic heterocycles. The first-order valence-electron chi connectivity index (χ1n) is 10.1. The van der Waals surface area contributed by atoms with Crippen LogP contribution in [0.1, 0.15) is 23.3 Å². The molecule has 0 saturated heterocycles. The Morgan fingerprint density at radius 1 is 1.09 bits per heavy atom. The number of carbonyl (C=O) groups excluding carboxylic acids is 1. The Bertz CT molecular complexity index is 1280. The van der Waals surface area contributed by atoms with Gasteiger partial charge in [-0.1, -0.05) is 6.07 Å². The maximum atomic E-state index is 14.4. The molecule has 2 aromatic carbocycles. The summed E-state index contributed by atoms with van der Waals surface area (Å²) in [6.45, 7) is 1.69. The average molecular weight is 450 g/mol. The number of aliphatic hydroxyl groups excluding tert-OH is 1. The maximum Gasteiger partial charge on any atom is 0.259 e. The number of hydrogen-bond donors (Lipinski definition) is 3. The van der Waals surface area contributed by atoms with Gasteiger partial charge >= 0.3 is 0 Å². The number of pyridine rings is 1. The normalized spacial score (nSPS) is 11.8. The van der Waals surface area contributed by atoms with E-state index in [9.17, 15) is 18.7 Å². The van der Waals surface area contributed by atoms with E-state index in [1.54, 1.807) is 29.7 Å². The van der Waals surface area contributed by atoms with Gasteiger partial charge < -0.3 is 20.3 Å². The minimum atomic E-state index is -0.704. The van der Waals surface area contributed by atoms with Crippen molar-refractivity contribution in [3.05, 3.63) is 84.2 Å². The number of nitrogens with one attached hydrogen (secondary N) is 2. The standard InChI is InChI=1S/C23H20F2N6O2/c1-14(12-32)31-13-26-30-22(31)20-3-2-4-21(28-20)29-23(33)18-11-17(9-10-19(18)25)27-16-7-5-15(24)6-8-16/h2-11,13-14,27,32H,12H2,1H3,(H,28,29,33). The smallest absolute Gasteiger partial charge is 0.259 e. The summed E-state index contributed by atoms with van der Waals surface area (Å²) in [5, 5.41) is 22.9. The number of hydrogen-bond acceptors (Lipinski definition) is 6. The lowest BCUT2D eigenvalue weighted by molar-refractivity contribution is 0.102. The fraction of sp³-hybridized carbons (Fsp3) is 0.130. The van der Waals surface area contributed by atoms with E-state index in [1.807, 2.05) is 0 Å². The summed E-state index contributed by atoms with van der Waals surface area (Å²) in [5.74, 6) is -1.15. The molecule has 0 saturated carbocycles. The molecule has 3 N–H and O–H groups in total. The van der Waals surface area contributed by atoms with E-state index in [4.69, 9.17) is 0 Å². The predicted molar refractivity (Wildman–Crippen MR) is 119 cm³/mol. The first-order chi connectivity index (χ1) is 15.9. The van der Waals surface area contributed by atoms with Crippen LogP contribution in [0.4, 0.5) is 26.0 Å². The molecular formula is C23H20F2N6O2. The van der Waals surface area contributed by atoms with Crippen molar-refractivity contribution in [1.82, 2.24) is 19.7 Å². The van der Waals surface area contributed by atoms with Crippen LogP contribution in [0.15, 0.2) is 67.0 Å². The second-order valence-electron chi connectivity index (χ2n) is 7.28. The molecule has 168 valence electrons. The Morgan fingerprint density at radius 3 is 2.61 bits per heavy atom. The molecule has 8 nitrogen and oxygen atoms in total. The first kappa shape index (κ1) is 22.0. The molecule has 1 atom stereocenters. The molecule has 4 rings (SSSR count). The van der Waals surface area contributed by atoms with Crippen molar-refractivity contribution in [2.45, 2.75) is 13.0 Å². The Kier molecular flexibility index (Phi) is 6.36. The quantitative estimate of drug-likeness (QED) is 0.390. The Morgan fingerprint density at radius 2 is 1.85 bits per heavy atom. The van der Waals surface area contributed by atoms with Crippen LogP contribution >= 0.6 is 0 Å². The van der Waals surface area contributed by atoms with Crippen LogP contribution in [-0.2, 0) is 0 Å². The van der Waals surface area contributed by atoms with Crippen LogP contribution < -0.4 is 10.6 Å². The molecule has 0 aliphatic carbocycles. The van der Waals surface area contributed by atoms with E-state index in [2.05, 4.69) is 25.8 Å². The number of aromatic nitrogens is 4. The summed E-state index contributed by atoms with van der Waals surface area (Å²) in [4.78, 5) is 17.1. The largest absolute Gasteiger partial charge is 0.394 e. The highest BCUT2D eigenvalue weighted by atomic mass is 19.1. The van der Waals surface area contributed by atoms with Crippen molar-refractivity contribution in [3.63, 3.8) is 0 Å². The number of halogens is 2. The minimum absolute atomic E-state index is 0.108. The molecule has 0 aliphatic rings. The molecule has 0 bridgehead atoms. The van der Waals surface area contributed by atoms with Gasteiger partial charge in [0.05, 0.1) is 18.2 Å². The third-order valence-electron chi connectivity index (χ3n) is 4.88. The van der Waals surface area contributed by atoms with Crippen molar-refractivity contribution in [2.75, 3.05) is 17.2 Å². The van der Waals surface area contributed by atoms with Crippen LogP contribution in [0.3, 0.4) is 0 Å². The lowest BCUT2D eigenvalue weighted by Gasteiger charge is -2.13. The van der Waals surface area contributed by atoms with Crippen molar-refractivity contribution in [3.8, 4) is 11.5 Å². The number of carbonyl (C=O) groups is 1. The summed E-state index contributed by atoms with van der Waals surface area (Å²) in [6.07, 6.45) is 1.48. The zero-order valence-electron chi connectivity index (χ0n) is 17.5. The van der Waals surface area contributed by atoms with Gasteiger partial charge in [0.25, 0.3) is 5.91 Å². The number of aliphatic hydroxyl groups is 1. The highest BCUT2D eigenvalue weighted by Crippen LogP contribution is 2.23. The van der Waals surface area contributed by atoms with E-state index in [0.717, 1.165) is 0 Å². The van der Waals surface area contributed by atoms with Crippen LogP contribution in [-0.4, -0.2) is 37.4 Å². The van der Waals surface area contributed by atoms with Crippen LogP contribution in [0, 0.1) is 11.6 Å². The van der Waals surface area contributed by atoms with Gasteiger partial charge in [-0.25, -0.2) is 13.8 Å². The van der Waals surface area contributed by atoms with Gasteiger partial charge in [-0.2, -0.15) is 0 Å². The fourth-order valence-electron chi connectivity index (χ4n) is 3.13. The van der Waals surface area contributed by atoms with Gasteiger partial charge in [-0.3, -0.25) is 4.79 Å². The number of benzene rings is 2. The topological polar surface area (TPSA) is 105 Å². The van der Waals surface area contributed by atoms with Crippen LogP contribution in [0.25, 0.3) is 11.5 Å². The second-order valence-corrected chi connectivity index (χ2v) is 7.28. The number of rotatable bonds is 7. The third-order valence-corrected chi connectivity index (χ3v) is 4.88. The highest BCUT2D eigenvalue weighted by molar-refractivity contribution is 6.04. The van der Waals surface area contributed by atoms with Crippen molar-refractivity contribution in [1.29, 1.82) is 0 Å².